The number of carbonyl (C=O) groups excluding carboxylic acids is 8. The fraction of sp³-hybridized carbons (Fsp3) is 0.869. The van der Waals surface area contributed by atoms with Gasteiger partial charge in [-0.3, -0.25) is 33.6 Å². The van der Waals surface area contributed by atoms with E-state index in [0.717, 1.165) is 71.7 Å². The van der Waals surface area contributed by atoms with Crippen LogP contribution in [0.4, 0.5) is 0 Å². The quantitative estimate of drug-likeness (QED) is 0.0370. The molecule has 0 aromatic heterocycles. The van der Waals surface area contributed by atoms with Crippen molar-refractivity contribution in [3.05, 3.63) is 0 Å². The lowest BCUT2D eigenvalue weighted by atomic mass is 10.2. The monoisotopic (exact) mass is 1310 g/mol. The van der Waals surface area contributed by atoms with Gasteiger partial charge in [0, 0.05) is 85.0 Å². The molecule has 0 aromatic rings. The summed E-state index contributed by atoms with van der Waals surface area (Å²) in [6, 6.07) is 0. The molecule has 29 heteroatoms. The third-order valence-electron chi connectivity index (χ3n) is 9.99. The minimum absolute atomic E-state index is 0.0302. The largest absolute Gasteiger partial charge is 0.379 e. The lowest BCUT2D eigenvalue weighted by Crippen LogP contribution is -2.29. The van der Waals surface area contributed by atoms with Crippen LogP contribution in [0.25, 0.3) is 0 Å². The van der Waals surface area contributed by atoms with E-state index in [1.54, 1.807) is 6.92 Å². The highest BCUT2D eigenvalue weighted by atomic mass is 16.6. The zero-order chi connectivity index (χ0) is 68.5. The molecule has 0 aromatic carbocycles. The summed E-state index contributed by atoms with van der Waals surface area (Å²) in [7, 11) is 11.3. The standard InChI is InChI=1S/C16H32N2O6.C16H32N2O5.C10H21NO4.C8H17NO3.C6H13NO2.C5H11NO/c1-15(19)13-24-14-16(20)18-6-4-8-22-10-12-23-11-9-21-7-3-5-17-2;1-15(19)5-6-16(20)18-8-4-10-22-12-14-23-13-11-21-9-3-7-17-2;1-10(12)9-15-8-7-14-6-5-13-4-3-11-2;1-8(10)7-12-6-5-11-4-3-9-2;1-6(8)5-9-4-3-7-2;1-5(7)3-4-6-2/h17H,3-14H2,1-2H3,(H,18,20);17H,3-14H2,1-2H3,(H,18,20);11H,3-9H2,1-2H3;9H,3-7H2,1-2H3;7H,3-5H2,1-2H3;6H,3-4H2,1-2H3. The highest BCUT2D eigenvalue weighted by Crippen LogP contribution is 1.92. The van der Waals surface area contributed by atoms with E-state index in [2.05, 4.69) is 42.5 Å². The van der Waals surface area contributed by atoms with Crippen molar-refractivity contribution in [3.63, 3.8) is 0 Å². The van der Waals surface area contributed by atoms with Crippen molar-refractivity contribution in [2.75, 3.05) is 266 Å². The molecule has 0 spiro atoms. The molecule has 90 heavy (non-hydrogen) atoms. The van der Waals surface area contributed by atoms with Crippen molar-refractivity contribution in [1.29, 1.82) is 0 Å². The van der Waals surface area contributed by atoms with Crippen molar-refractivity contribution in [1.82, 2.24) is 42.5 Å². The maximum Gasteiger partial charge on any atom is 0.246 e. The maximum absolute atomic E-state index is 11.3. The summed E-state index contributed by atoms with van der Waals surface area (Å²) in [6.07, 6.45) is 4.69. The van der Waals surface area contributed by atoms with E-state index in [1.807, 2.05) is 42.3 Å². The van der Waals surface area contributed by atoms with Gasteiger partial charge in [-0.1, -0.05) is 0 Å². The highest BCUT2D eigenvalue weighted by molar-refractivity contribution is 5.83. The van der Waals surface area contributed by atoms with E-state index < -0.39 is 0 Å². The van der Waals surface area contributed by atoms with Crippen LogP contribution in [-0.4, -0.2) is 313 Å². The Morgan fingerprint density at radius 2 is 0.456 bits per heavy atom. The zero-order valence-electron chi connectivity index (χ0n) is 57.6. The van der Waals surface area contributed by atoms with Gasteiger partial charge >= 0.3 is 0 Å². The molecule has 0 saturated carbocycles. The fourth-order valence-corrected chi connectivity index (χ4v) is 5.44. The summed E-state index contributed by atoms with van der Waals surface area (Å²) < 4.78 is 67.7. The fourth-order valence-electron chi connectivity index (χ4n) is 5.44. The molecule has 0 aliphatic carbocycles. The van der Waals surface area contributed by atoms with Crippen LogP contribution in [-0.2, 0) is 99.9 Å². The smallest absolute Gasteiger partial charge is 0.246 e. The topological polar surface area (TPSA) is 353 Å². The molecule has 0 atom stereocenters. The van der Waals surface area contributed by atoms with Crippen LogP contribution in [0.5, 0.6) is 0 Å². The minimum Gasteiger partial charge on any atom is -0.379 e. The molecule has 536 valence electrons. The van der Waals surface area contributed by atoms with Gasteiger partial charge in [-0.05, 0) is 123 Å². The second kappa shape index (κ2) is 89.4. The number of amides is 2. The molecule has 0 heterocycles. The minimum atomic E-state index is -0.227. The molecular formula is C61H126N8O21. The highest BCUT2D eigenvalue weighted by Gasteiger charge is 2.04. The van der Waals surface area contributed by atoms with Crippen LogP contribution in [0.3, 0.4) is 0 Å². The molecule has 0 saturated heterocycles. The summed E-state index contributed by atoms with van der Waals surface area (Å²) in [6.45, 7) is 28.0. The van der Waals surface area contributed by atoms with Crippen molar-refractivity contribution in [2.24, 2.45) is 0 Å². The van der Waals surface area contributed by atoms with Crippen LogP contribution in [0.1, 0.15) is 86.5 Å². The van der Waals surface area contributed by atoms with Gasteiger partial charge in [0.1, 0.15) is 44.6 Å². The predicted octanol–water partition coefficient (Wildman–Crippen LogP) is -0.0523. The second-order valence-electron chi connectivity index (χ2n) is 19.4. The zero-order valence-corrected chi connectivity index (χ0v) is 57.6. The predicted molar refractivity (Wildman–Crippen MR) is 347 cm³/mol. The Morgan fingerprint density at radius 1 is 0.211 bits per heavy atom. The summed E-state index contributed by atoms with van der Waals surface area (Å²) in [5.41, 5.74) is 0. The van der Waals surface area contributed by atoms with E-state index >= 15 is 0 Å². The Balaban J connectivity index is -0.000000247. The van der Waals surface area contributed by atoms with E-state index in [4.69, 9.17) is 61.6 Å². The van der Waals surface area contributed by atoms with Gasteiger partial charge in [-0.15, -0.1) is 0 Å². The third kappa shape index (κ3) is 118. The Kier molecular flexibility index (Phi) is 96.6. The van der Waals surface area contributed by atoms with Gasteiger partial charge in [0.05, 0.1) is 112 Å². The lowest BCUT2D eigenvalue weighted by molar-refractivity contribution is -0.129. The molecular weight excluding hydrogens is 1180 g/mol. The first-order valence-electron chi connectivity index (χ1n) is 31.3. The number of ether oxygens (including phenoxy) is 13. The molecule has 29 nitrogen and oxygen atoms in total. The first-order valence-corrected chi connectivity index (χ1v) is 31.3. The molecule has 0 bridgehead atoms. The first kappa shape index (κ1) is 97.3. The van der Waals surface area contributed by atoms with Gasteiger partial charge in [0.2, 0.25) is 11.8 Å². The lowest BCUT2D eigenvalue weighted by Gasteiger charge is -2.08. The summed E-state index contributed by atoms with van der Waals surface area (Å²) in [4.78, 5) is 85.3. The Bertz CT molecular complexity index is 1570. The maximum atomic E-state index is 11.3. The second-order valence-corrected chi connectivity index (χ2v) is 19.4. The number of Topliss-reactive ketones (excluding diaryl/α,β-unsaturated/α-hetero) is 6. The average Bonchev–Trinajstić information content (AvgIpc) is 3.55. The summed E-state index contributed by atoms with van der Waals surface area (Å²) in [5.74, 6) is 0.0225. The SMILES string of the molecule is CNCCC(C)=O.CNCCCOCCOCCOCCCNC(=O)CCC(C)=O.CNCCCOCCOCCOCCCNC(=O)COCC(C)=O.CNCCOCC(C)=O.CNCCOCCOCC(C)=O.CNCCOCCOCCOCC(C)=O. The van der Waals surface area contributed by atoms with Crippen molar-refractivity contribution in [2.45, 2.75) is 86.5 Å². The first-order chi connectivity index (χ1) is 43.4. The van der Waals surface area contributed by atoms with Crippen LogP contribution in [0.2, 0.25) is 0 Å². The van der Waals surface area contributed by atoms with Gasteiger partial charge in [0.25, 0.3) is 0 Å². The van der Waals surface area contributed by atoms with Gasteiger partial charge in [-0.25, -0.2) is 0 Å². The molecule has 0 radical (unpaired) electrons. The number of hydrogen-bond acceptors (Lipinski definition) is 27. The number of likely N-dealkylation sites (N-methyl/N-ethyl adjacent to an activating group) is 3. The van der Waals surface area contributed by atoms with E-state index in [9.17, 15) is 38.4 Å². The van der Waals surface area contributed by atoms with E-state index in [1.165, 1.54) is 34.6 Å². The summed E-state index contributed by atoms with van der Waals surface area (Å²) in [5, 5.41) is 23.3. The van der Waals surface area contributed by atoms with Crippen LogP contribution < -0.4 is 42.5 Å². The van der Waals surface area contributed by atoms with Gasteiger partial charge in [0.15, 0.2) is 23.1 Å². The molecule has 8 N–H and O–H groups in total. The molecule has 0 unspecified atom stereocenters. The molecule has 0 rings (SSSR count). The van der Waals surface area contributed by atoms with Gasteiger partial charge < -0.3 is 109 Å². The molecule has 0 aliphatic heterocycles. The Hall–Kier alpha value is -3.80. The normalized spacial score (nSPS) is 10.4. The molecule has 0 aliphatic rings. The van der Waals surface area contributed by atoms with Crippen LogP contribution in [0, 0.1) is 0 Å². The van der Waals surface area contributed by atoms with Crippen molar-refractivity contribution in [3.8, 4) is 0 Å². The third-order valence-corrected chi connectivity index (χ3v) is 9.99. The summed E-state index contributed by atoms with van der Waals surface area (Å²) >= 11 is 0. The van der Waals surface area contributed by atoms with E-state index in [-0.39, 0.29) is 86.0 Å². The average molecular weight is 1310 g/mol. The number of carbonyl (C=O) groups is 8. The van der Waals surface area contributed by atoms with Crippen molar-refractivity contribution >= 4 is 46.5 Å². The van der Waals surface area contributed by atoms with Crippen LogP contribution in [0.15, 0.2) is 0 Å². The molecule has 0 fully saturated rings. The molecule has 2 amide bonds. The number of nitrogens with one attached hydrogen (secondary N) is 8. The van der Waals surface area contributed by atoms with Crippen LogP contribution >= 0.6 is 0 Å². The number of ketones is 6. The number of hydrogen-bond donors (Lipinski definition) is 8. The van der Waals surface area contributed by atoms with Crippen molar-refractivity contribution < 1.29 is 99.9 Å². The van der Waals surface area contributed by atoms with E-state index in [0.29, 0.717) is 158 Å². The number of rotatable bonds is 62. The Morgan fingerprint density at radius 3 is 0.744 bits per heavy atom. The van der Waals surface area contributed by atoms with Gasteiger partial charge in [-0.2, -0.15) is 0 Å². The Labute approximate surface area is 540 Å².